The van der Waals surface area contributed by atoms with E-state index in [1.807, 2.05) is 32.9 Å². The van der Waals surface area contributed by atoms with Gasteiger partial charge in [-0.05, 0) is 31.9 Å². The van der Waals surface area contributed by atoms with Crippen LogP contribution in [0.15, 0.2) is 12.1 Å². The summed E-state index contributed by atoms with van der Waals surface area (Å²) in [6.07, 6.45) is -0.241. The molecule has 0 amide bonds. The second-order valence-corrected chi connectivity index (χ2v) is 5.24. The Labute approximate surface area is 125 Å². The van der Waals surface area contributed by atoms with Crippen molar-refractivity contribution < 1.29 is 19.4 Å². The summed E-state index contributed by atoms with van der Waals surface area (Å²) in [4.78, 5) is 23.6. The van der Waals surface area contributed by atoms with Gasteiger partial charge in [-0.25, -0.2) is 0 Å². The molecule has 1 aromatic rings. The summed E-state index contributed by atoms with van der Waals surface area (Å²) in [5.41, 5.74) is 3.45. The maximum absolute atomic E-state index is 12.7. The van der Waals surface area contributed by atoms with Crippen molar-refractivity contribution >= 4 is 11.8 Å². The number of ketones is 1. The molecule has 0 aliphatic heterocycles. The molecule has 1 aromatic carbocycles. The molecule has 0 aliphatic rings. The summed E-state index contributed by atoms with van der Waals surface area (Å²) in [5.74, 6) is -1.18. The number of aliphatic carboxylic acids is 1. The van der Waals surface area contributed by atoms with Crippen LogP contribution < -0.4 is 5.32 Å². The highest BCUT2D eigenvalue weighted by molar-refractivity contribution is 6.04. The number of methoxy groups -OCH3 is 1. The van der Waals surface area contributed by atoms with E-state index >= 15 is 0 Å². The molecule has 0 aliphatic carbocycles. The summed E-state index contributed by atoms with van der Waals surface area (Å²) in [5, 5.41) is 12.0. The van der Waals surface area contributed by atoms with Gasteiger partial charge in [0.1, 0.15) is 0 Å². The van der Waals surface area contributed by atoms with Crippen LogP contribution in [0.4, 0.5) is 0 Å². The first-order valence-electron chi connectivity index (χ1n) is 6.93. The SMILES string of the molecule is COCCNC(CC(=O)O)C(=O)c1c(C)cc(C)cc1C. The van der Waals surface area contributed by atoms with Gasteiger partial charge in [-0.1, -0.05) is 17.7 Å². The van der Waals surface area contributed by atoms with E-state index in [4.69, 9.17) is 9.84 Å². The number of nitrogens with one attached hydrogen (secondary N) is 1. The number of hydrogen-bond donors (Lipinski definition) is 2. The zero-order valence-electron chi connectivity index (χ0n) is 13.0. The Kier molecular flexibility index (Phi) is 6.52. The fourth-order valence-corrected chi connectivity index (χ4v) is 2.51. The molecule has 2 N–H and O–H groups in total. The number of aryl methyl sites for hydroxylation is 3. The van der Waals surface area contributed by atoms with Crippen LogP contribution in [0.2, 0.25) is 0 Å². The summed E-state index contributed by atoms with van der Waals surface area (Å²) in [6.45, 7) is 6.58. The van der Waals surface area contributed by atoms with Crippen molar-refractivity contribution in [2.24, 2.45) is 0 Å². The van der Waals surface area contributed by atoms with E-state index in [0.29, 0.717) is 18.7 Å². The van der Waals surface area contributed by atoms with E-state index in [2.05, 4.69) is 5.32 Å². The topological polar surface area (TPSA) is 75.6 Å². The van der Waals surface area contributed by atoms with Gasteiger partial charge in [0.2, 0.25) is 0 Å². The molecule has 5 nitrogen and oxygen atoms in total. The van der Waals surface area contributed by atoms with Crippen LogP contribution in [-0.2, 0) is 9.53 Å². The molecule has 1 rings (SSSR count). The maximum Gasteiger partial charge on any atom is 0.305 e. The zero-order chi connectivity index (χ0) is 16.0. The molecule has 116 valence electrons. The molecule has 1 atom stereocenters. The van der Waals surface area contributed by atoms with E-state index in [-0.39, 0.29) is 12.2 Å². The van der Waals surface area contributed by atoms with Crippen LogP contribution in [0, 0.1) is 20.8 Å². The lowest BCUT2D eigenvalue weighted by Gasteiger charge is -2.18. The van der Waals surface area contributed by atoms with Gasteiger partial charge in [0.05, 0.1) is 19.1 Å². The van der Waals surface area contributed by atoms with Gasteiger partial charge >= 0.3 is 5.97 Å². The molecule has 0 aromatic heterocycles. The fraction of sp³-hybridized carbons (Fsp3) is 0.500. The average Bonchev–Trinajstić information content (AvgIpc) is 2.35. The molecule has 0 radical (unpaired) electrons. The molecule has 0 saturated heterocycles. The fourth-order valence-electron chi connectivity index (χ4n) is 2.51. The monoisotopic (exact) mass is 293 g/mol. The summed E-state index contributed by atoms with van der Waals surface area (Å²) >= 11 is 0. The highest BCUT2D eigenvalue weighted by Gasteiger charge is 2.25. The average molecular weight is 293 g/mol. The van der Waals surface area contributed by atoms with Crippen LogP contribution in [0.25, 0.3) is 0 Å². The second-order valence-electron chi connectivity index (χ2n) is 5.24. The van der Waals surface area contributed by atoms with E-state index in [9.17, 15) is 9.59 Å². The van der Waals surface area contributed by atoms with Gasteiger partial charge in [-0.3, -0.25) is 9.59 Å². The molecular weight excluding hydrogens is 270 g/mol. The molecule has 21 heavy (non-hydrogen) atoms. The molecule has 0 saturated carbocycles. The third-order valence-electron chi connectivity index (χ3n) is 3.32. The van der Waals surface area contributed by atoms with Gasteiger partial charge in [0.15, 0.2) is 5.78 Å². The summed E-state index contributed by atoms with van der Waals surface area (Å²) in [6, 6.07) is 3.14. The number of ether oxygens (including phenoxy) is 1. The Hall–Kier alpha value is -1.72. The normalized spacial score (nSPS) is 12.2. The van der Waals surface area contributed by atoms with E-state index in [1.165, 1.54) is 0 Å². The Bertz CT molecular complexity index is 502. The van der Waals surface area contributed by atoms with Gasteiger partial charge in [-0.2, -0.15) is 0 Å². The smallest absolute Gasteiger partial charge is 0.305 e. The Morgan fingerprint density at radius 3 is 2.29 bits per heavy atom. The number of carboxylic acid groups (broad SMARTS) is 1. The number of carbonyl (C=O) groups is 2. The Balaban J connectivity index is 3.01. The number of benzene rings is 1. The maximum atomic E-state index is 12.7. The van der Waals surface area contributed by atoms with Gasteiger partial charge < -0.3 is 15.2 Å². The van der Waals surface area contributed by atoms with Gasteiger partial charge in [-0.15, -0.1) is 0 Å². The lowest BCUT2D eigenvalue weighted by molar-refractivity contribution is -0.137. The van der Waals surface area contributed by atoms with Crippen molar-refractivity contribution in [1.29, 1.82) is 0 Å². The first-order chi connectivity index (χ1) is 9.86. The van der Waals surface area contributed by atoms with Crippen LogP contribution in [-0.4, -0.2) is 43.2 Å². The zero-order valence-corrected chi connectivity index (χ0v) is 13.0. The minimum absolute atomic E-state index is 0.177. The number of carboxylic acids is 1. The first kappa shape index (κ1) is 17.3. The van der Waals surface area contributed by atoms with Crippen LogP contribution in [0.3, 0.4) is 0 Å². The highest BCUT2D eigenvalue weighted by atomic mass is 16.5. The number of carbonyl (C=O) groups excluding carboxylic acids is 1. The number of Topliss-reactive ketones (excluding diaryl/α,β-unsaturated/α-hetero) is 1. The number of hydrogen-bond acceptors (Lipinski definition) is 4. The molecular formula is C16H23NO4. The van der Waals surface area contributed by atoms with Crippen LogP contribution in [0.1, 0.15) is 33.5 Å². The Morgan fingerprint density at radius 1 is 1.24 bits per heavy atom. The molecule has 0 bridgehead atoms. The van der Waals surface area contributed by atoms with Crippen LogP contribution >= 0.6 is 0 Å². The van der Waals surface area contributed by atoms with Crippen molar-refractivity contribution in [1.82, 2.24) is 5.32 Å². The standard InChI is InChI=1S/C16H23NO4/c1-10-7-11(2)15(12(3)8-10)16(20)13(9-14(18)19)17-5-6-21-4/h7-8,13,17H,5-6,9H2,1-4H3,(H,18,19). The minimum Gasteiger partial charge on any atom is -0.481 e. The van der Waals surface area contributed by atoms with E-state index in [1.54, 1.807) is 7.11 Å². The quantitative estimate of drug-likeness (QED) is 0.565. The first-order valence-corrected chi connectivity index (χ1v) is 6.93. The molecule has 0 heterocycles. The van der Waals surface area contributed by atoms with Crippen LogP contribution in [0.5, 0.6) is 0 Å². The second kappa shape index (κ2) is 7.90. The van der Waals surface area contributed by atoms with Crippen molar-refractivity contribution in [2.75, 3.05) is 20.3 Å². The number of rotatable bonds is 8. The summed E-state index contributed by atoms with van der Waals surface area (Å²) < 4.78 is 4.92. The van der Waals surface area contributed by atoms with Crippen molar-refractivity contribution in [3.63, 3.8) is 0 Å². The lowest BCUT2D eigenvalue weighted by atomic mass is 9.92. The predicted molar refractivity (Wildman–Crippen MR) is 80.9 cm³/mol. The molecule has 0 spiro atoms. The summed E-state index contributed by atoms with van der Waals surface area (Å²) in [7, 11) is 1.56. The third kappa shape index (κ3) is 4.95. The highest BCUT2D eigenvalue weighted by Crippen LogP contribution is 2.19. The lowest BCUT2D eigenvalue weighted by Crippen LogP contribution is -2.40. The predicted octanol–water partition coefficient (Wildman–Crippen LogP) is 1.87. The molecule has 0 fully saturated rings. The van der Waals surface area contributed by atoms with E-state index in [0.717, 1.165) is 16.7 Å². The third-order valence-corrected chi connectivity index (χ3v) is 3.32. The van der Waals surface area contributed by atoms with Gasteiger partial charge in [0.25, 0.3) is 0 Å². The molecule has 1 unspecified atom stereocenters. The largest absolute Gasteiger partial charge is 0.481 e. The Morgan fingerprint density at radius 2 is 1.81 bits per heavy atom. The minimum atomic E-state index is -0.999. The van der Waals surface area contributed by atoms with Crippen molar-refractivity contribution in [2.45, 2.75) is 33.2 Å². The van der Waals surface area contributed by atoms with Gasteiger partial charge in [0, 0.05) is 19.2 Å². The van der Waals surface area contributed by atoms with E-state index < -0.39 is 12.0 Å². The molecule has 5 heteroatoms. The van der Waals surface area contributed by atoms with Crippen molar-refractivity contribution in [3.05, 3.63) is 34.4 Å². The van der Waals surface area contributed by atoms with Crippen molar-refractivity contribution in [3.8, 4) is 0 Å².